The smallest absolute Gasteiger partial charge is 0.286 e. The van der Waals surface area contributed by atoms with E-state index >= 15 is 0 Å². The van der Waals surface area contributed by atoms with Crippen molar-refractivity contribution >= 4 is 60.5 Å². The lowest BCUT2D eigenvalue weighted by Crippen LogP contribution is -2.40. The monoisotopic (exact) mass is 441 g/mol. The molecule has 0 saturated carbocycles. The maximum absolute atomic E-state index is 12.4. The molecular weight excluding hydrogens is 425 g/mol. The minimum atomic E-state index is -0.126. The summed E-state index contributed by atoms with van der Waals surface area (Å²) in [6, 6.07) is 7.42. The van der Waals surface area contributed by atoms with Gasteiger partial charge in [0.15, 0.2) is 0 Å². The number of hydrogen-bond acceptors (Lipinski definition) is 2. The Kier molecular flexibility index (Phi) is 7.95. The lowest BCUT2D eigenvalue weighted by molar-refractivity contribution is 0.219. The summed E-state index contributed by atoms with van der Waals surface area (Å²) in [6.07, 6.45) is 0.931. The summed E-state index contributed by atoms with van der Waals surface area (Å²) in [5.41, 5.74) is 0. The highest BCUT2D eigenvalue weighted by atomic mass is 79.9. The Bertz CT molecular complexity index is 457. The van der Waals surface area contributed by atoms with Crippen LogP contribution in [0, 0.1) is 0 Å². The van der Waals surface area contributed by atoms with Gasteiger partial charge in [-0.25, -0.2) is 0 Å². The van der Waals surface area contributed by atoms with E-state index < -0.39 is 0 Å². The van der Waals surface area contributed by atoms with Crippen molar-refractivity contribution < 1.29 is 4.79 Å². The zero-order valence-electron chi connectivity index (χ0n) is 11.5. The standard InChI is InChI=1S/C14H18Br2ClNOS/c1-3-8-18(10-14(2,16)9-15)13(19)20-12-7-5-4-6-11(12)17/h4-7H,3,8-10H2,1-2H3. The van der Waals surface area contributed by atoms with Gasteiger partial charge in [0.1, 0.15) is 0 Å². The van der Waals surface area contributed by atoms with Gasteiger partial charge in [-0.2, -0.15) is 0 Å². The normalized spacial score (nSPS) is 13.8. The molecule has 0 saturated heterocycles. The van der Waals surface area contributed by atoms with E-state index in [0.717, 1.165) is 23.2 Å². The molecule has 0 aliphatic heterocycles. The van der Waals surface area contributed by atoms with Gasteiger partial charge >= 0.3 is 0 Å². The Balaban J connectivity index is 2.77. The van der Waals surface area contributed by atoms with Gasteiger partial charge in [0.2, 0.25) is 0 Å². The second-order valence-corrected chi connectivity index (χ2v) is 8.64. The first-order chi connectivity index (χ1) is 9.39. The van der Waals surface area contributed by atoms with Gasteiger partial charge in [-0.15, -0.1) is 0 Å². The third-order valence-corrected chi connectivity index (χ3v) is 6.56. The lowest BCUT2D eigenvalue weighted by Gasteiger charge is -2.29. The molecule has 0 aliphatic rings. The summed E-state index contributed by atoms with van der Waals surface area (Å²) < 4.78 is -0.126. The molecule has 20 heavy (non-hydrogen) atoms. The Labute approximate surface area is 146 Å². The van der Waals surface area contributed by atoms with Gasteiger partial charge in [0.05, 0.1) is 9.35 Å². The van der Waals surface area contributed by atoms with Gasteiger partial charge < -0.3 is 4.90 Å². The van der Waals surface area contributed by atoms with Gasteiger partial charge in [-0.3, -0.25) is 4.79 Å². The number of nitrogens with zero attached hydrogens (tertiary/aromatic N) is 1. The van der Waals surface area contributed by atoms with Gasteiger partial charge in [0.25, 0.3) is 5.24 Å². The van der Waals surface area contributed by atoms with Crippen LogP contribution in [-0.2, 0) is 0 Å². The van der Waals surface area contributed by atoms with E-state index in [1.165, 1.54) is 11.8 Å². The molecule has 1 aromatic rings. The van der Waals surface area contributed by atoms with E-state index in [2.05, 4.69) is 45.7 Å². The Morgan fingerprint density at radius 3 is 2.65 bits per heavy atom. The number of amides is 1. The topological polar surface area (TPSA) is 20.3 Å². The number of rotatable bonds is 6. The number of benzene rings is 1. The van der Waals surface area contributed by atoms with Gasteiger partial charge in [0, 0.05) is 23.3 Å². The average Bonchev–Trinajstić information content (AvgIpc) is 2.40. The van der Waals surface area contributed by atoms with E-state index in [9.17, 15) is 4.79 Å². The van der Waals surface area contributed by atoms with E-state index in [-0.39, 0.29) is 9.56 Å². The summed E-state index contributed by atoms with van der Waals surface area (Å²) in [7, 11) is 0. The van der Waals surface area contributed by atoms with Gasteiger partial charge in [-0.1, -0.05) is 62.5 Å². The van der Waals surface area contributed by atoms with Crippen LogP contribution < -0.4 is 0 Å². The highest BCUT2D eigenvalue weighted by Crippen LogP contribution is 2.30. The fourth-order valence-corrected chi connectivity index (χ4v) is 3.15. The molecule has 0 fully saturated rings. The van der Waals surface area contributed by atoms with Crippen LogP contribution in [-0.4, -0.2) is 32.9 Å². The summed E-state index contributed by atoms with van der Waals surface area (Å²) in [5, 5.41) is 1.43. The SMILES string of the molecule is CCCN(CC(C)(Br)CBr)C(=O)Sc1ccccc1Cl. The molecule has 112 valence electrons. The second-order valence-electron chi connectivity index (χ2n) is 4.77. The van der Waals surface area contributed by atoms with E-state index in [4.69, 9.17) is 11.6 Å². The molecular formula is C14H18Br2ClNOS. The Morgan fingerprint density at radius 1 is 1.45 bits per heavy atom. The molecule has 1 amide bonds. The van der Waals surface area contributed by atoms with Crippen LogP contribution in [0.3, 0.4) is 0 Å². The highest BCUT2D eigenvalue weighted by molar-refractivity contribution is 9.12. The maximum atomic E-state index is 12.4. The zero-order chi connectivity index (χ0) is 15.2. The minimum Gasteiger partial charge on any atom is -0.332 e. The zero-order valence-corrected chi connectivity index (χ0v) is 16.3. The average molecular weight is 444 g/mol. The summed E-state index contributed by atoms with van der Waals surface area (Å²) in [4.78, 5) is 15.1. The third kappa shape index (κ3) is 5.96. The number of halogens is 3. The number of hydrogen-bond donors (Lipinski definition) is 0. The van der Waals surface area contributed by atoms with Crippen molar-refractivity contribution in [3.8, 4) is 0 Å². The van der Waals surface area contributed by atoms with Crippen molar-refractivity contribution in [2.75, 3.05) is 18.4 Å². The predicted octanol–water partition coefficient (Wildman–Crippen LogP) is 5.81. The molecule has 0 spiro atoms. The highest BCUT2D eigenvalue weighted by Gasteiger charge is 2.26. The van der Waals surface area contributed by atoms with Gasteiger partial charge in [-0.05, 0) is 37.2 Å². The van der Waals surface area contributed by atoms with Crippen LogP contribution >= 0.6 is 55.2 Å². The number of carbonyl (C=O) groups excluding carboxylic acids is 1. The molecule has 6 heteroatoms. The first-order valence-electron chi connectivity index (χ1n) is 6.36. The third-order valence-electron chi connectivity index (χ3n) is 2.58. The van der Waals surface area contributed by atoms with Crippen molar-refractivity contribution in [1.82, 2.24) is 4.90 Å². The van der Waals surface area contributed by atoms with E-state index in [1.807, 2.05) is 23.1 Å². The van der Waals surface area contributed by atoms with Crippen molar-refractivity contribution in [2.24, 2.45) is 0 Å². The molecule has 0 N–H and O–H groups in total. The first-order valence-corrected chi connectivity index (χ1v) is 9.46. The van der Waals surface area contributed by atoms with Crippen LogP contribution in [0.15, 0.2) is 29.2 Å². The minimum absolute atomic E-state index is 0.0339. The van der Waals surface area contributed by atoms with Crippen molar-refractivity contribution in [2.45, 2.75) is 29.5 Å². The molecule has 1 rings (SSSR count). The molecule has 2 nitrogen and oxygen atoms in total. The Hall–Kier alpha value is 0.290. The van der Waals surface area contributed by atoms with Crippen LogP contribution in [0.4, 0.5) is 4.79 Å². The predicted molar refractivity (Wildman–Crippen MR) is 95.7 cm³/mol. The molecule has 0 aliphatic carbocycles. The fraction of sp³-hybridized carbons (Fsp3) is 0.500. The summed E-state index contributed by atoms with van der Waals surface area (Å²) in [6.45, 7) is 5.53. The van der Waals surface area contributed by atoms with Crippen LogP contribution in [0.2, 0.25) is 5.02 Å². The summed E-state index contributed by atoms with van der Waals surface area (Å²) in [5.74, 6) is 0. The molecule has 0 heterocycles. The maximum Gasteiger partial charge on any atom is 0.286 e. The van der Waals surface area contributed by atoms with Crippen molar-refractivity contribution in [3.05, 3.63) is 29.3 Å². The molecule has 0 radical (unpaired) electrons. The Morgan fingerprint density at radius 2 is 2.10 bits per heavy atom. The van der Waals surface area contributed by atoms with E-state index in [0.29, 0.717) is 11.6 Å². The lowest BCUT2D eigenvalue weighted by atomic mass is 10.2. The van der Waals surface area contributed by atoms with Crippen LogP contribution in [0.25, 0.3) is 0 Å². The fourth-order valence-electron chi connectivity index (χ4n) is 1.63. The van der Waals surface area contributed by atoms with Crippen LogP contribution in [0.5, 0.6) is 0 Å². The largest absolute Gasteiger partial charge is 0.332 e. The molecule has 0 bridgehead atoms. The number of thioether (sulfide) groups is 1. The quantitative estimate of drug-likeness (QED) is 0.408. The summed E-state index contributed by atoms with van der Waals surface area (Å²) >= 11 is 14.4. The molecule has 0 aromatic heterocycles. The molecule has 1 atom stereocenters. The first kappa shape index (κ1) is 18.3. The number of alkyl halides is 2. The number of carbonyl (C=O) groups is 1. The molecule has 1 unspecified atom stereocenters. The van der Waals surface area contributed by atoms with Crippen molar-refractivity contribution in [3.63, 3.8) is 0 Å². The van der Waals surface area contributed by atoms with E-state index in [1.54, 1.807) is 6.07 Å². The van der Waals surface area contributed by atoms with Crippen molar-refractivity contribution in [1.29, 1.82) is 0 Å². The van der Waals surface area contributed by atoms with Crippen LogP contribution in [0.1, 0.15) is 20.3 Å². The molecule has 1 aromatic carbocycles. The second kappa shape index (κ2) is 8.66.